The van der Waals surface area contributed by atoms with E-state index in [2.05, 4.69) is 27.8 Å². The van der Waals surface area contributed by atoms with Gasteiger partial charge in [0.2, 0.25) is 5.91 Å². The van der Waals surface area contributed by atoms with Crippen LogP contribution in [0.4, 0.5) is 4.79 Å². The van der Waals surface area contributed by atoms with Crippen molar-refractivity contribution in [1.29, 1.82) is 0 Å². The summed E-state index contributed by atoms with van der Waals surface area (Å²) in [5.74, 6) is -0.236. The number of carbonyl (C=O) groups excluding carboxylic acids is 2. The first kappa shape index (κ1) is 16.9. The SMILES string of the molecule is CCCN(CC(=O)NC(=O)NCC)CC1CCCCN1. The molecule has 0 spiro atoms. The van der Waals surface area contributed by atoms with Crippen LogP contribution in [0.5, 0.6) is 0 Å². The Bertz CT molecular complexity index is 304. The summed E-state index contributed by atoms with van der Waals surface area (Å²) in [5.41, 5.74) is 0. The largest absolute Gasteiger partial charge is 0.338 e. The molecule has 0 aromatic rings. The average molecular weight is 284 g/mol. The lowest BCUT2D eigenvalue weighted by molar-refractivity contribution is -0.121. The second kappa shape index (κ2) is 9.72. The minimum Gasteiger partial charge on any atom is -0.338 e. The van der Waals surface area contributed by atoms with Gasteiger partial charge in [-0.25, -0.2) is 4.79 Å². The zero-order valence-corrected chi connectivity index (χ0v) is 12.7. The van der Waals surface area contributed by atoms with Crippen molar-refractivity contribution in [2.75, 3.05) is 32.7 Å². The molecule has 116 valence electrons. The molecule has 0 aliphatic carbocycles. The van der Waals surface area contributed by atoms with E-state index in [0.717, 1.165) is 32.5 Å². The average Bonchev–Trinajstić information content (AvgIpc) is 2.40. The van der Waals surface area contributed by atoms with Crippen molar-refractivity contribution >= 4 is 11.9 Å². The Hall–Kier alpha value is -1.14. The van der Waals surface area contributed by atoms with E-state index in [-0.39, 0.29) is 12.5 Å². The van der Waals surface area contributed by atoms with Crippen LogP contribution in [0.2, 0.25) is 0 Å². The van der Waals surface area contributed by atoms with Gasteiger partial charge in [-0.3, -0.25) is 15.0 Å². The first-order valence-corrected chi connectivity index (χ1v) is 7.69. The number of nitrogens with zero attached hydrogens (tertiary/aromatic N) is 1. The van der Waals surface area contributed by atoms with E-state index in [1.165, 1.54) is 12.8 Å². The fourth-order valence-electron chi connectivity index (χ4n) is 2.52. The Morgan fingerprint density at radius 1 is 1.30 bits per heavy atom. The lowest BCUT2D eigenvalue weighted by atomic mass is 10.0. The molecule has 1 saturated heterocycles. The van der Waals surface area contributed by atoms with Crippen LogP contribution in [0.25, 0.3) is 0 Å². The van der Waals surface area contributed by atoms with Gasteiger partial charge in [-0.05, 0) is 39.3 Å². The molecule has 0 bridgehead atoms. The van der Waals surface area contributed by atoms with Crippen LogP contribution in [0.15, 0.2) is 0 Å². The maximum absolute atomic E-state index is 11.8. The second-order valence-corrected chi connectivity index (χ2v) is 5.29. The summed E-state index contributed by atoms with van der Waals surface area (Å²) in [7, 11) is 0. The van der Waals surface area contributed by atoms with Crippen LogP contribution < -0.4 is 16.0 Å². The Labute approximate surface area is 121 Å². The molecule has 0 saturated carbocycles. The Kier molecular flexibility index (Phi) is 8.22. The highest BCUT2D eigenvalue weighted by Crippen LogP contribution is 2.08. The first-order chi connectivity index (χ1) is 9.65. The predicted molar refractivity (Wildman–Crippen MR) is 79.6 cm³/mol. The molecular formula is C14H28N4O2. The molecule has 0 aromatic carbocycles. The number of nitrogens with one attached hydrogen (secondary N) is 3. The van der Waals surface area contributed by atoms with E-state index in [4.69, 9.17) is 0 Å². The molecular weight excluding hydrogens is 256 g/mol. The second-order valence-electron chi connectivity index (χ2n) is 5.29. The van der Waals surface area contributed by atoms with Crippen molar-refractivity contribution in [1.82, 2.24) is 20.9 Å². The molecule has 1 fully saturated rings. The minimum atomic E-state index is -0.412. The molecule has 1 rings (SSSR count). The van der Waals surface area contributed by atoms with Gasteiger partial charge >= 0.3 is 6.03 Å². The fourth-order valence-corrected chi connectivity index (χ4v) is 2.52. The van der Waals surface area contributed by atoms with Crippen LogP contribution in [-0.2, 0) is 4.79 Å². The number of hydrogen-bond acceptors (Lipinski definition) is 4. The highest BCUT2D eigenvalue weighted by Gasteiger charge is 2.18. The van der Waals surface area contributed by atoms with E-state index in [1.54, 1.807) is 0 Å². The topological polar surface area (TPSA) is 73.5 Å². The number of urea groups is 1. The standard InChI is InChI=1S/C14H28N4O2/c1-3-9-18(10-12-7-5-6-8-16-12)11-13(19)17-14(20)15-4-2/h12,16H,3-11H2,1-2H3,(H2,15,17,19,20). The summed E-state index contributed by atoms with van der Waals surface area (Å²) in [4.78, 5) is 25.3. The quantitative estimate of drug-likeness (QED) is 0.643. The predicted octanol–water partition coefficient (Wildman–Crippen LogP) is 0.686. The van der Waals surface area contributed by atoms with Crippen molar-refractivity contribution in [3.8, 4) is 0 Å². The van der Waals surface area contributed by atoms with Crippen molar-refractivity contribution in [3.63, 3.8) is 0 Å². The zero-order valence-electron chi connectivity index (χ0n) is 12.7. The third kappa shape index (κ3) is 6.86. The van der Waals surface area contributed by atoms with Crippen LogP contribution in [0, 0.1) is 0 Å². The van der Waals surface area contributed by atoms with Crippen molar-refractivity contribution < 1.29 is 9.59 Å². The normalized spacial score (nSPS) is 18.9. The molecule has 6 heteroatoms. The van der Waals surface area contributed by atoms with Gasteiger partial charge in [-0.1, -0.05) is 13.3 Å². The molecule has 0 radical (unpaired) electrons. The number of hydrogen-bond donors (Lipinski definition) is 3. The first-order valence-electron chi connectivity index (χ1n) is 7.69. The lowest BCUT2D eigenvalue weighted by Crippen LogP contribution is -2.49. The van der Waals surface area contributed by atoms with Gasteiger partial charge in [0.15, 0.2) is 0 Å². The molecule has 1 aliphatic rings. The van der Waals surface area contributed by atoms with E-state index < -0.39 is 6.03 Å². The zero-order chi connectivity index (χ0) is 14.8. The number of carbonyl (C=O) groups is 2. The molecule has 0 aromatic heterocycles. The van der Waals surface area contributed by atoms with Gasteiger partial charge in [0.1, 0.15) is 0 Å². The highest BCUT2D eigenvalue weighted by atomic mass is 16.2. The third-order valence-corrected chi connectivity index (χ3v) is 3.39. The minimum absolute atomic E-state index is 0.236. The van der Waals surface area contributed by atoms with E-state index in [0.29, 0.717) is 12.6 Å². The fraction of sp³-hybridized carbons (Fsp3) is 0.857. The summed E-state index contributed by atoms with van der Waals surface area (Å²) >= 11 is 0. The molecule has 6 nitrogen and oxygen atoms in total. The molecule has 1 heterocycles. The van der Waals surface area contributed by atoms with Gasteiger partial charge < -0.3 is 10.6 Å². The molecule has 1 aliphatic heterocycles. The highest BCUT2D eigenvalue weighted by molar-refractivity contribution is 5.95. The van der Waals surface area contributed by atoms with E-state index in [1.807, 2.05) is 6.92 Å². The van der Waals surface area contributed by atoms with Gasteiger partial charge in [0.25, 0.3) is 0 Å². The molecule has 3 N–H and O–H groups in total. The van der Waals surface area contributed by atoms with Gasteiger partial charge in [0.05, 0.1) is 6.54 Å². The summed E-state index contributed by atoms with van der Waals surface area (Å²) in [6.45, 7) is 7.53. The van der Waals surface area contributed by atoms with Crippen molar-refractivity contribution in [3.05, 3.63) is 0 Å². The van der Waals surface area contributed by atoms with E-state index >= 15 is 0 Å². The van der Waals surface area contributed by atoms with Crippen LogP contribution in [0.1, 0.15) is 39.5 Å². The monoisotopic (exact) mass is 284 g/mol. The summed E-state index contributed by atoms with van der Waals surface area (Å²) in [6, 6.07) is 0.0531. The van der Waals surface area contributed by atoms with E-state index in [9.17, 15) is 9.59 Å². The van der Waals surface area contributed by atoms with Crippen LogP contribution in [0.3, 0.4) is 0 Å². The van der Waals surface area contributed by atoms with Gasteiger partial charge in [0, 0.05) is 19.1 Å². The van der Waals surface area contributed by atoms with Crippen LogP contribution in [-0.4, -0.2) is 55.6 Å². The van der Waals surface area contributed by atoms with Crippen molar-refractivity contribution in [2.45, 2.75) is 45.6 Å². The molecule has 3 amide bonds. The molecule has 1 unspecified atom stereocenters. The van der Waals surface area contributed by atoms with Gasteiger partial charge in [-0.2, -0.15) is 0 Å². The number of amides is 3. The number of piperidine rings is 1. The Balaban J connectivity index is 2.36. The van der Waals surface area contributed by atoms with Crippen molar-refractivity contribution in [2.24, 2.45) is 0 Å². The third-order valence-electron chi connectivity index (χ3n) is 3.39. The number of imide groups is 1. The Morgan fingerprint density at radius 2 is 2.10 bits per heavy atom. The molecule has 1 atom stereocenters. The van der Waals surface area contributed by atoms with Gasteiger partial charge in [-0.15, -0.1) is 0 Å². The van der Waals surface area contributed by atoms with Crippen LogP contribution >= 0.6 is 0 Å². The number of rotatable bonds is 7. The summed E-state index contributed by atoms with van der Waals surface area (Å²) in [6.07, 6.45) is 4.66. The maximum atomic E-state index is 11.8. The summed E-state index contributed by atoms with van der Waals surface area (Å²) < 4.78 is 0. The Morgan fingerprint density at radius 3 is 2.70 bits per heavy atom. The molecule has 20 heavy (non-hydrogen) atoms. The lowest BCUT2D eigenvalue weighted by Gasteiger charge is -2.30. The maximum Gasteiger partial charge on any atom is 0.321 e. The smallest absolute Gasteiger partial charge is 0.321 e. The summed E-state index contributed by atoms with van der Waals surface area (Å²) in [5, 5.41) is 8.41.